The Kier molecular flexibility index (Phi) is 17.9. The quantitative estimate of drug-likeness (QED) is 0.226. The second-order valence-corrected chi connectivity index (χ2v) is 6.27. The highest BCUT2D eigenvalue weighted by Gasteiger charge is 1.98. The minimum absolute atomic E-state index is 0.0491. The van der Waals surface area contributed by atoms with Crippen molar-refractivity contribution in [3.05, 3.63) is 0 Å². The minimum atomic E-state index is -0.0491. The molecule has 0 aliphatic rings. The molecule has 1 unspecified atom stereocenters. The van der Waals surface area contributed by atoms with Crippen LogP contribution in [0.1, 0.15) is 104 Å². The fourth-order valence-corrected chi connectivity index (χ4v) is 2.61. The van der Waals surface area contributed by atoms with Gasteiger partial charge in [-0.15, -0.1) is 0 Å². The van der Waals surface area contributed by atoms with Crippen LogP contribution in [-0.4, -0.2) is 20.0 Å². The number of ether oxygens (including phenoxy) is 2. The van der Waals surface area contributed by atoms with E-state index in [4.69, 9.17) is 9.47 Å². The third-order valence-corrected chi connectivity index (χ3v) is 4.18. The van der Waals surface area contributed by atoms with E-state index in [9.17, 15) is 0 Å². The summed E-state index contributed by atoms with van der Waals surface area (Å²) in [7, 11) is 1.69. The Morgan fingerprint density at radius 2 is 1.00 bits per heavy atom. The summed E-state index contributed by atoms with van der Waals surface area (Å²) in [5, 5.41) is 0. The Labute approximate surface area is 134 Å². The topological polar surface area (TPSA) is 18.5 Å². The predicted molar refractivity (Wildman–Crippen MR) is 92.7 cm³/mol. The highest BCUT2D eigenvalue weighted by atomic mass is 16.7. The van der Waals surface area contributed by atoms with Crippen LogP contribution in [0.5, 0.6) is 0 Å². The van der Waals surface area contributed by atoms with Gasteiger partial charge in [-0.1, -0.05) is 90.4 Å². The van der Waals surface area contributed by atoms with Crippen LogP contribution in [-0.2, 0) is 9.47 Å². The molecular formula is C19H40O2. The molecule has 0 aromatic carbocycles. The third-order valence-electron chi connectivity index (χ3n) is 4.18. The molecule has 2 nitrogen and oxygen atoms in total. The highest BCUT2D eigenvalue weighted by molar-refractivity contribution is 4.49. The van der Waals surface area contributed by atoms with E-state index in [0.29, 0.717) is 0 Å². The fraction of sp³-hybridized carbons (Fsp3) is 1.00. The summed E-state index contributed by atoms with van der Waals surface area (Å²) in [6.07, 6.45) is 19.5. The van der Waals surface area contributed by atoms with Crippen LogP contribution < -0.4 is 0 Å². The molecule has 0 amide bonds. The van der Waals surface area contributed by atoms with Crippen molar-refractivity contribution in [1.29, 1.82) is 0 Å². The van der Waals surface area contributed by atoms with Crippen molar-refractivity contribution in [2.45, 2.75) is 110 Å². The highest BCUT2D eigenvalue weighted by Crippen LogP contribution is 2.13. The number of rotatable bonds is 17. The van der Waals surface area contributed by atoms with E-state index < -0.39 is 0 Å². The molecule has 0 saturated heterocycles. The van der Waals surface area contributed by atoms with E-state index in [1.165, 1.54) is 89.9 Å². The van der Waals surface area contributed by atoms with Gasteiger partial charge in [0.15, 0.2) is 6.29 Å². The van der Waals surface area contributed by atoms with Crippen LogP contribution in [0.4, 0.5) is 0 Å². The van der Waals surface area contributed by atoms with Gasteiger partial charge in [-0.3, -0.25) is 0 Å². The largest absolute Gasteiger partial charge is 0.356 e. The Hall–Kier alpha value is -0.0800. The summed E-state index contributed by atoms with van der Waals surface area (Å²) < 4.78 is 10.5. The molecule has 0 fully saturated rings. The number of unbranched alkanes of at least 4 members (excludes halogenated alkanes) is 13. The SMILES string of the molecule is CCCCCCCCCCCCCCCCOC(C)OC. The number of hydrogen-bond donors (Lipinski definition) is 0. The zero-order valence-corrected chi connectivity index (χ0v) is 15.0. The molecule has 0 radical (unpaired) electrons. The van der Waals surface area contributed by atoms with Crippen LogP contribution in [0, 0.1) is 0 Å². The first kappa shape index (κ1) is 20.9. The lowest BCUT2D eigenvalue weighted by atomic mass is 10.0. The molecular weight excluding hydrogens is 260 g/mol. The van der Waals surface area contributed by atoms with E-state index in [0.717, 1.165) is 6.61 Å². The average Bonchev–Trinajstić information content (AvgIpc) is 2.50. The molecule has 0 rings (SSSR count). The van der Waals surface area contributed by atoms with Crippen molar-refractivity contribution >= 4 is 0 Å². The normalized spacial score (nSPS) is 12.7. The number of methoxy groups -OCH3 is 1. The van der Waals surface area contributed by atoms with Gasteiger partial charge in [0.1, 0.15) is 0 Å². The molecule has 21 heavy (non-hydrogen) atoms. The maximum absolute atomic E-state index is 5.48. The molecule has 0 aromatic rings. The average molecular weight is 301 g/mol. The van der Waals surface area contributed by atoms with E-state index >= 15 is 0 Å². The maximum Gasteiger partial charge on any atom is 0.154 e. The molecule has 0 spiro atoms. The molecule has 128 valence electrons. The number of hydrogen-bond acceptors (Lipinski definition) is 2. The van der Waals surface area contributed by atoms with Gasteiger partial charge in [-0.05, 0) is 13.3 Å². The van der Waals surface area contributed by atoms with Crippen molar-refractivity contribution in [3.63, 3.8) is 0 Å². The Morgan fingerprint density at radius 1 is 0.619 bits per heavy atom. The first-order valence-electron chi connectivity index (χ1n) is 9.45. The lowest BCUT2D eigenvalue weighted by Gasteiger charge is -2.10. The lowest BCUT2D eigenvalue weighted by molar-refractivity contribution is -0.111. The molecule has 0 aromatic heterocycles. The van der Waals surface area contributed by atoms with Gasteiger partial charge < -0.3 is 9.47 Å². The Morgan fingerprint density at radius 3 is 1.38 bits per heavy atom. The van der Waals surface area contributed by atoms with Crippen LogP contribution in [0.2, 0.25) is 0 Å². The lowest BCUT2D eigenvalue weighted by Crippen LogP contribution is -2.10. The van der Waals surface area contributed by atoms with Crippen LogP contribution in [0.25, 0.3) is 0 Å². The van der Waals surface area contributed by atoms with Crippen molar-refractivity contribution in [3.8, 4) is 0 Å². The van der Waals surface area contributed by atoms with Gasteiger partial charge in [0, 0.05) is 13.7 Å². The van der Waals surface area contributed by atoms with Gasteiger partial charge in [0.2, 0.25) is 0 Å². The zero-order chi connectivity index (χ0) is 15.6. The molecule has 0 saturated carbocycles. The Balaban J connectivity index is 2.96. The first-order chi connectivity index (χ1) is 10.3. The van der Waals surface area contributed by atoms with Gasteiger partial charge in [0.05, 0.1) is 0 Å². The van der Waals surface area contributed by atoms with Gasteiger partial charge in [0.25, 0.3) is 0 Å². The fourth-order valence-electron chi connectivity index (χ4n) is 2.61. The zero-order valence-electron chi connectivity index (χ0n) is 15.0. The molecule has 0 bridgehead atoms. The summed E-state index contributed by atoms with van der Waals surface area (Å²) in [4.78, 5) is 0. The molecule has 2 heteroatoms. The van der Waals surface area contributed by atoms with Crippen molar-refractivity contribution < 1.29 is 9.47 Å². The van der Waals surface area contributed by atoms with Crippen LogP contribution >= 0.6 is 0 Å². The van der Waals surface area contributed by atoms with Crippen molar-refractivity contribution in [2.75, 3.05) is 13.7 Å². The van der Waals surface area contributed by atoms with Crippen molar-refractivity contribution in [2.24, 2.45) is 0 Å². The summed E-state index contributed by atoms with van der Waals surface area (Å²) in [5.74, 6) is 0. The van der Waals surface area contributed by atoms with E-state index in [1.807, 2.05) is 6.92 Å². The smallest absolute Gasteiger partial charge is 0.154 e. The Bertz CT molecular complexity index is 182. The molecule has 1 atom stereocenters. The standard InChI is InChI=1S/C19H40O2/c1-4-5-6-7-8-9-10-11-12-13-14-15-16-17-18-21-19(2)20-3/h19H,4-18H2,1-3H3. The van der Waals surface area contributed by atoms with Gasteiger partial charge in [-0.2, -0.15) is 0 Å². The molecule has 0 N–H and O–H groups in total. The van der Waals surface area contributed by atoms with E-state index in [2.05, 4.69) is 6.92 Å². The second-order valence-electron chi connectivity index (χ2n) is 6.27. The monoisotopic (exact) mass is 300 g/mol. The molecule has 0 aliphatic carbocycles. The van der Waals surface area contributed by atoms with E-state index in [1.54, 1.807) is 7.11 Å². The van der Waals surface area contributed by atoms with Crippen LogP contribution in [0.15, 0.2) is 0 Å². The maximum atomic E-state index is 5.48. The summed E-state index contributed by atoms with van der Waals surface area (Å²) >= 11 is 0. The molecule has 0 aliphatic heterocycles. The summed E-state index contributed by atoms with van der Waals surface area (Å²) in [6, 6.07) is 0. The van der Waals surface area contributed by atoms with Crippen molar-refractivity contribution in [1.82, 2.24) is 0 Å². The second kappa shape index (κ2) is 18.0. The van der Waals surface area contributed by atoms with Crippen LogP contribution in [0.3, 0.4) is 0 Å². The summed E-state index contributed by atoms with van der Waals surface area (Å²) in [6.45, 7) is 5.07. The van der Waals surface area contributed by atoms with E-state index in [-0.39, 0.29) is 6.29 Å². The minimum Gasteiger partial charge on any atom is -0.356 e. The summed E-state index contributed by atoms with van der Waals surface area (Å²) in [5.41, 5.74) is 0. The van der Waals surface area contributed by atoms with Gasteiger partial charge >= 0.3 is 0 Å². The first-order valence-corrected chi connectivity index (χ1v) is 9.45. The van der Waals surface area contributed by atoms with Gasteiger partial charge in [-0.25, -0.2) is 0 Å². The predicted octanol–water partition coefficient (Wildman–Crippen LogP) is 6.48. The third kappa shape index (κ3) is 17.9. The molecule has 0 heterocycles.